The maximum absolute atomic E-state index is 12.9. The lowest BCUT2D eigenvalue weighted by molar-refractivity contribution is -0.910. The summed E-state index contributed by atoms with van der Waals surface area (Å²) in [7, 11) is 0. The van der Waals surface area contributed by atoms with Gasteiger partial charge in [-0.25, -0.2) is 4.79 Å². The number of nitro benzene ring substituents is 2. The van der Waals surface area contributed by atoms with Gasteiger partial charge in [-0.2, -0.15) is 9.28 Å². The van der Waals surface area contributed by atoms with Crippen molar-refractivity contribution in [2.45, 2.75) is 32.3 Å². The second-order valence-corrected chi connectivity index (χ2v) is 8.32. The number of non-ortho nitro benzene ring substituents is 2. The Hall–Kier alpha value is -4.14. The molecular formula is C23H27N4O10+. The molecule has 198 valence electrons. The van der Waals surface area contributed by atoms with Gasteiger partial charge in [-0.05, 0) is 35.4 Å². The molecule has 0 spiro atoms. The van der Waals surface area contributed by atoms with E-state index in [1.807, 2.05) is 0 Å². The van der Waals surface area contributed by atoms with Gasteiger partial charge in [0.25, 0.3) is 11.4 Å². The zero-order chi connectivity index (χ0) is 26.8. The highest BCUT2D eigenvalue weighted by Crippen LogP contribution is 2.27. The van der Waals surface area contributed by atoms with Crippen molar-refractivity contribution in [1.29, 1.82) is 0 Å². The molecule has 1 aliphatic heterocycles. The molecule has 0 aromatic heterocycles. The van der Waals surface area contributed by atoms with Crippen molar-refractivity contribution < 1.29 is 43.2 Å². The molecule has 3 rings (SSSR count). The van der Waals surface area contributed by atoms with Crippen molar-refractivity contribution in [2.24, 2.45) is 0 Å². The molecule has 0 aliphatic carbocycles. The Labute approximate surface area is 211 Å². The molecule has 2 atom stereocenters. The summed E-state index contributed by atoms with van der Waals surface area (Å²) in [6.07, 6.45) is -1.43. The Kier molecular flexibility index (Phi) is 9.43. The first-order chi connectivity index (χ1) is 17.7. The monoisotopic (exact) mass is 519 g/mol. The van der Waals surface area contributed by atoms with E-state index in [0.717, 1.165) is 0 Å². The van der Waals surface area contributed by atoms with Gasteiger partial charge >= 0.3 is 12.2 Å². The van der Waals surface area contributed by atoms with Gasteiger partial charge in [0.2, 0.25) is 6.23 Å². The number of hydrogen-bond acceptors (Lipinski definition) is 10. The van der Waals surface area contributed by atoms with Crippen LogP contribution in [0, 0.1) is 20.2 Å². The summed E-state index contributed by atoms with van der Waals surface area (Å²) in [6, 6.07) is 11.2. The number of amides is 2. The van der Waals surface area contributed by atoms with Crippen LogP contribution >= 0.6 is 0 Å². The fraction of sp³-hybridized carbons (Fsp3) is 0.391. The van der Waals surface area contributed by atoms with Crippen molar-refractivity contribution in [3.63, 3.8) is 0 Å². The Morgan fingerprint density at radius 2 is 1.49 bits per heavy atom. The van der Waals surface area contributed by atoms with Crippen LogP contribution in [0.4, 0.5) is 21.0 Å². The number of nitrogens with zero attached hydrogens (tertiary/aromatic N) is 3. The molecule has 14 nitrogen and oxygen atoms in total. The number of rotatable bonds is 11. The van der Waals surface area contributed by atoms with Gasteiger partial charge in [-0.3, -0.25) is 20.2 Å². The molecule has 2 amide bonds. The molecule has 0 radical (unpaired) electrons. The van der Waals surface area contributed by atoms with Crippen molar-refractivity contribution in [3.05, 3.63) is 79.9 Å². The van der Waals surface area contributed by atoms with Crippen LogP contribution in [0.5, 0.6) is 0 Å². The summed E-state index contributed by atoms with van der Waals surface area (Å²) >= 11 is 0. The molecule has 1 heterocycles. The Bertz CT molecular complexity index is 1110. The van der Waals surface area contributed by atoms with Crippen LogP contribution in [0.15, 0.2) is 48.5 Å². The van der Waals surface area contributed by atoms with E-state index >= 15 is 0 Å². The third-order valence-electron chi connectivity index (χ3n) is 5.82. The number of likely N-dealkylation sites (tertiary alicyclic amines) is 1. The van der Waals surface area contributed by atoms with Crippen LogP contribution in [0.2, 0.25) is 0 Å². The maximum Gasteiger partial charge on any atom is 0.520 e. The predicted molar refractivity (Wildman–Crippen MR) is 126 cm³/mol. The third-order valence-corrected chi connectivity index (χ3v) is 5.82. The number of nitro groups is 2. The van der Waals surface area contributed by atoms with Gasteiger partial charge in [0, 0.05) is 43.7 Å². The Morgan fingerprint density at radius 3 is 1.97 bits per heavy atom. The van der Waals surface area contributed by atoms with Gasteiger partial charge in [0.15, 0.2) is 6.73 Å². The first-order valence-corrected chi connectivity index (χ1v) is 11.4. The standard InChI is InChI=1S/C23H26N4O10/c28-21-2-1-12-27(21,23(30)37-15-18-5-9-20(10-6-18)26(33)34)16-35-13-11-24-22(29)36-14-17-3-7-19(8-4-17)25(31)32/h3-10,21,28H,1-2,11-16H2/p+1. The van der Waals surface area contributed by atoms with Gasteiger partial charge in [0.05, 0.1) is 23.0 Å². The quantitative estimate of drug-likeness (QED) is 0.194. The van der Waals surface area contributed by atoms with Crippen molar-refractivity contribution in [1.82, 2.24) is 5.32 Å². The van der Waals surface area contributed by atoms with Crippen LogP contribution < -0.4 is 5.32 Å². The molecule has 1 fully saturated rings. The molecule has 2 unspecified atom stereocenters. The zero-order valence-electron chi connectivity index (χ0n) is 19.8. The Balaban J connectivity index is 1.40. The highest BCUT2D eigenvalue weighted by Gasteiger charge is 2.49. The lowest BCUT2D eigenvalue weighted by Gasteiger charge is -2.32. The molecule has 2 aromatic rings. The molecule has 0 bridgehead atoms. The largest absolute Gasteiger partial charge is 0.520 e. The Morgan fingerprint density at radius 1 is 0.946 bits per heavy atom. The number of carbonyl (C=O) groups is 2. The predicted octanol–water partition coefficient (Wildman–Crippen LogP) is 2.97. The lowest BCUT2D eigenvalue weighted by atomic mass is 10.2. The minimum Gasteiger partial charge on any atom is -0.445 e. The molecule has 1 aliphatic rings. The highest BCUT2D eigenvalue weighted by molar-refractivity contribution is 5.67. The number of aliphatic hydroxyl groups excluding tert-OH is 1. The van der Waals surface area contributed by atoms with E-state index in [4.69, 9.17) is 14.2 Å². The summed E-state index contributed by atoms with van der Waals surface area (Å²) in [6.45, 7) is 0.0654. The van der Waals surface area contributed by atoms with Crippen LogP contribution in [-0.2, 0) is 27.4 Å². The van der Waals surface area contributed by atoms with Crippen LogP contribution in [0.1, 0.15) is 24.0 Å². The van der Waals surface area contributed by atoms with Gasteiger partial charge < -0.3 is 24.6 Å². The van der Waals surface area contributed by atoms with Crippen molar-refractivity contribution in [3.8, 4) is 0 Å². The molecular weight excluding hydrogens is 492 g/mol. The molecule has 2 aromatic carbocycles. The average molecular weight is 519 g/mol. The highest BCUT2D eigenvalue weighted by atomic mass is 16.6. The number of carbonyl (C=O) groups excluding carboxylic acids is 2. The van der Waals surface area contributed by atoms with E-state index in [0.29, 0.717) is 30.5 Å². The summed E-state index contributed by atoms with van der Waals surface area (Å²) in [5.74, 6) is 0. The van der Waals surface area contributed by atoms with E-state index in [2.05, 4.69) is 5.32 Å². The van der Waals surface area contributed by atoms with E-state index in [-0.39, 0.29) is 44.5 Å². The third kappa shape index (κ3) is 7.42. The number of aliphatic hydroxyl groups is 1. The SMILES string of the molecule is O=C(NCCOC[N+]1(C(=O)OCc2ccc([N+](=O)[O-])cc2)CCCC1O)OCc1ccc([N+](=O)[O-])cc1. The number of alkyl carbamates (subject to hydrolysis) is 1. The number of ether oxygens (including phenoxy) is 3. The molecule has 0 saturated carbocycles. The summed E-state index contributed by atoms with van der Waals surface area (Å²) < 4.78 is 15.5. The van der Waals surface area contributed by atoms with Crippen LogP contribution in [0.25, 0.3) is 0 Å². The second-order valence-electron chi connectivity index (χ2n) is 8.32. The topological polar surface area (TPSA) is 180 Å². The van der Waals surface area contributed by atoms with E-state index in [1.54, 1.807) is 0 Å². The van der Waals surface area contributed by atoms with Crippen LogP contribution in [-0.4, -0.2) is 64.3 Å². The van der Waals surface area contributed by atoms with E-state index in [9.17, 15) is 34.9 Å². The number of nitrogens with one attached hydrogen (secondary N) is 1. The first-order valence-electron chi connectivity index (χ1n) is 11.4. The van der Waals surface area contributed by atoms with E-state index in [1.165, 1.54) is 48.5 Å². The summed E-state index contributed by atoms with van der Waals surface area (Å²) in [5, 5.41) is 34.4. The molecule has 1 saturated heterocycles. The number of benzene rings is 2. The van der Waals surface area contributed by atoms with Gasteiger partial charge in [-0.15, -0.1) is 0 Å². The minimum atomic E-state index is -1.01. The molecule has 2 N–H and O–H groups in total. The molecule has 37 heavy (non-hydrogen) atoms. The summed E-state index contributed by atoms with van der Waals surface area (Å²) in [5.41, 5.74) is 0.997. The van der Waals surface area contributed by atoms with Gasteiger partial charge in [-0.1, -0.05) is 0 Å². The normalized spacial score (nSPS) is 18.7. The van der Waals surface area contributed by atoms with Crippen LogP contribution in [0.3, 0.4) is 0 Å². The van der Waals surface area contributed by atoms with Crippen molar-refractivity contribution in [2.75, 3.05) is 26.4 Å². The minimum absolute atomic E-state index is 0.0367. The average Bonchev–Trinajstić information content (AvgIpc) is 3.27. The fourth-order valence-electron chi connectivity index (χ4n) is 3.72. The summed E-state index contributed by atoms with van der Waals surface area (Å²) in [4.78, 5) is 45.1. The number of quaternary nitrogens is 1. The maximum atomic E-state index is 12.9. The second kappa shape index (κ2) is 12.7. The molecule has 14 heteroatoms. The van der Waals surface area contributed by atoms with E-state index < -0.39 is 32.7 Å². The lowest BCUT2D eigenvalue weighted by Crippen LogP contribution is -2.57. The number of hydrogen-bond donors (Lipinski definition) is 2. The van der Waals surface area contributed by atoms with Gasteiger partial charge in [0.1, 0.15) is 13.2 Å². The first kappa shape index (κ1) is 27.4. The zero-order valence-corrected chi connectivity index (χ0v) is 19.8. The van der Waals surface area contributed by atoms with Crippen molar-refractivity contribution >= 4 is 23.6 Å². The smallest absolute Gasteiger partial charge is 0.445 e. The fourth-order valence-corrected chi connectivity index (χ4v) is 3.72.